The minimum absolute atomic E-state index is 0.0239. The van der Waals surface area contributed by atoms with Crippen molar-refractivity contribution in [3.8, 4) is 34.5 Å². The van der Waals surface area contributed by atoms with E-state index in [1.54, 1.807) is 66.7 Å². The molecule has 33 heteroatoms. The molecule has 13 aromatic rings. The van der Waals surface area contributed by atoms with Crippen molar-refractivity contribution in [2.45, 2.75) is 178 Å². The van der Waals surface area contributed by atoms with E-state index in [1.165, 1.54) is 113 Å². The predicted octanol–water partition coefficient (Wildman–Crippen LogP) is 27.3. The van der Waals surface area contributed by atoms with Crippen LogP contribution in [0.5, 0.6) is 34.5 Å². The summed E-state index contributed by atoms with van der Waals surface area (Å²) in [6.45, 7) is 37.8. The molecule has 13 rings (SSSR count). The first kappa shape index (κ1) is 123. The maximum absolute atomic E-state index is 15.6. The first-order chi connectivity index (χ1) is 69.4. The highest BCUT2D eigenvalue weighted by atomic mass is 31.1. The van der Waals surface area contributed by atoms with Gasteiger partial charge in [-0.25, -0.2) is 4.39 Å². The number of ether oxygens (including phenoxy) is 11. The molecule has 0 saturated carbocycles. The summed E-state index contributed by atoms with van der Waals surface area (Å²) in [6.07, 6.45) is -21.8. The quantitative estimate of drug-likeness (QED) is 0.0244. The maximum atomic E-state index is 15.6. The zero-order valence-electron chi connectivity index (χ0n) is 87.0. The average molecular weight is 2180 g/mol. The van der Waals surface area contributed by atoms with Gasteiger partial charge in [0.2, 0.25) is 0 Å². The molecule has 0 heterocycles. The van der Waals surface area contributed by atoms with Gasteiger partial charge in [0.05, 0.1) is 27.8 Å². The summed E-state index contributed by atoms with van der Waals surface area (Å²) in [5.41, 5.74) is 9.87. The van der Waals surface area contributed by atoms with E-state index >= 15 is 4.39 Å². The summed E-state index contributed by atoms with van der Waals surface area (Å²) in [5.74, 6) is 3.69. The van der Waals surface area contributed by atoms with Crippen LogP contribution in [-0.2, 0) is 77.4 Å². The normalized spacial score (nSPS) is 12.3. The molecule has 6 atom stereocenters. The van der Waals surface area contributed by atoms with Crippen LogP contribution in [0, 0.1) is 68.1 Å². The summed E-state index contributed by atoms with van der Waals surface area (Å²) in [7, 11) is 6.94. The number of aryl methyl sites for hydroxylation is 5. The Balaban J connectivity index is 0.000000218. The van der Waals surface area contributed by atoms with Gasteiger partial charge in [0.15, 0.2) is 34.0 Å². The number of alkyl halides is 15. The lowest BCUT2D eigenvalue weighted by atomic mass is 9.80. The van der Waals surface area contributed by atoms with Gasteiger partial charge in [-0.1, -0.05) is 301 Å². The van der Waals surface area contributed by atoms with E-state index in [0.717, 1.165) is 124 Å². The minimum atomic E-state index is -4.38. The van der Waals surface area contributed by atoms with Crippen molar-refractivity contribution in [3.05, 3.63) is 355 Å². The van der Waals surface area contributed by atoms with Crippen molar-refractivity contribution >= 4 is 115 Å². The number of hydrogen-bond acceptors (Lipinski definition) is 11. The highest BCUT2D eigenvalue weighted by molar-refractivity contribution is 7.57. The lowest BCUT2D eigenvalue weighted by Crippen LogP contribution is -2.24. The second kappa shape index (κ2) is 55.8. The Morgan fingerprint density at radius 1 is 0.230 bits per heavy atom. The van der Waals surface area contributed by atoms with E-state index in [4.69, 9.17) is 52.1 Å². The van der Waals surface area contributed by atoms with Crippen molar-refractivity contribution in [2.75, 3.05) is 69.5 Å². The smallest absolute Gasteiger partial charge is 0.417 e. The second-order valence-electron chi connectivity index (χ2n) is 37.4. The number of benzene rings is 13. The van der Waals surface area contributed by atoms with Gasteiger partial charge in [-0.05, 0) is 227 Å². The Hall–Kier alpha value is -10.1. The monoisotopic (exact) mass is 2170 g/mol. The molecule has 0 aliphatic rings. The fourth-order valence-corrected chi connectivity index (χ4v) is 23.5. The first-order valence-electron chi connectivity index (χ1n) is 46.6. The largest absolute Gasteiger partial charge is 0.488 e. The van der Waals surface area contributed by atoms with Gasteiger partial charge in [-0.3, -0.25) is 0 Å². The highest BCUT2D eigenvalue weighted by Gasteiger charge is 2.39. The molecule has 0 spiro atoms. The highest BCUT2D eigenvalue weighted by Crippen LogP contribution is 2.44. The van der Waals surface area contributed by atoms with Crippen LogP contribution in [0.25, 0.3) is 0 Å². The van der Waals surface area contributed by atoms with Crippen LogP contribution in [0.15, 0.2) is 249 Å². The van der Waals surface area contributed by atoms with Crippen molar-refractivity contribution < 1.29 is 122 Å². The summed E-state index contributed by atoms with van der Waals surface area (Å²) in [5, 5.41) is 6.83. The second-order valence-corrected chi connectivity index (χ2v) is 45.4. The minimum Gasteiger partial charge on any atom is -0.488 e. The SMILES string of the molecule is COCOc1c(C)cc(C)cc1Pc1ccccc1C(F)(F)F.COCOc1c(C)cccc1Pc1ccccc1C(F)(F)F.COCOc1c(Pc2ccccc2C(F)(F)F)cc(C)cc1C(C)(C)C.COCOc1ccc(C)cc1Pc1ccccc1C(F)(F)F.COCOc1ccccc1Pc1ccccc1C(F)(F)F.Cc1c(C)c(C)c(Pc2cc(C(C)(C)C)cc(C(C)(C)C)c2OCc2ccccc2)c(F)c1C. The molecule has 0 bridgehead atoms. The summed E-state index contributed by atoms with van der Waals surface area (Å²) >= 11 is 0. The lowest BCUT2D eigenvalue weighted by molar-refractivity contribution is -0.137. The Morgan fingerprint density at radius 3 is 0.966 bits per heavy atom. The van der Waals surface area contributed by atoms with Crippen molar-refractivity contribution in [2.24, 2.45) is 0 Å². The van der Waals surface area contributed by atoms with Crippen LogP contribution < -0.4 is 92.1 Å². The zero-order chi connectivity index (χ0) is 110. The van der Waals surface area contributed by atoms with Gasteiger partial charge in [-0.2, -0.15) is 65.9 Å². The molecule has 0 aliphatic carbocycles. The van der Waals surface area contributed by atoms with Crippen LogP contribution in [0.4, 0.5) is 70.2 Å². The van der Waals surface area contributed by atoms with Gasteiger partial charge >= 0.3 is 30.9 Å². The van der Waals surface area contributed by atoms with Crippen LogP contribution in [0.3, 0.4) is 0 Å². The van der Waals surface area contributed by atoms with E-state index in [9.17, 15) is 65.9 Å². The predicted molar refractivity (Wildman–Crippen MR) is 580 cm³/mol. The molecule has 148 heavy (non-hydrogen) atoms. The number of hydrogen-bond donors (Lipinski definition) is 0. The summed E-state index contributed by atoms with van der Waals surface area (Å²) in [6, 6.07) is 68.6. The Bertz CT molecular complexity index is 6400. The van der Waals surface area contributed by atoms with Crippen LogP contribution in [-0.4, -0.2) is 69.5 Å². The molecule has 0 N–H and O–H groups in total. The van der Waals surface area contributed by atoms with Gasteiger partial charge in [-0.15, -0.1) is 0 Å². The molecule has 0 aliphatic heterocycles. The molecule has 0 aromatic heterocycles. The first-order valence-corrected chi connectivity index (χ1v) is 52.6. The van der Waals surface area contributed by atoms with E-state index in [1.807, 2.05) is 115 Å². The van der Waals surface area contributed by atoms with Crippen LogP contribution in [0.1, 0.15) is 162 Å². The summed E-state index contributed by atoms with van der Waals surface area (Å²) < 4.78 is 272. The molecular formula is C115H128F16O11P6. The van der Waals surface area contributed by atoms with E-state index in [2.05, 4.69) is 100 Å². The molecule has 6 unspecified atom stereocenters. The molecule has 11 nitrogen and oxygen atoms in total. The maximum Gasteiger partial charge on any atom is 0.417 e. The van der Waals surface area contributed by atoms with Crippen molar-refractivity contribution in [1.29, 1.82) is 0 Å². The Kier molecular flexibility index (Phi) is 46.4. The third-order valence-electron chi connectivity index (χ3n) is 22.7. The molecule has 796 valence electrons. The number of rotatable bonds is 30. The van der Waals surface area contributed by atoms with Crippen molar-refractivity contribution in [1.82, 2.24) is 0 Å². The Labute approximate surface area is 869 Å². The average Bonchev–Trinajstić information content (AvgIpc) is 0.760. The molecule has 0 amide bonds. The van der Waals surface area contributed by atoms with Gasteiger partial charge in [0.1, 0.15) is 46.9 Å². The third kappa shape index (κ3) is 36.6. The third-order valence-corrected chi connectivity index (χ3v) is 31.0. The van der Waals surface area contributed by atoms with Gasteiger partial charge in [0.25, 0.3) is 0 Å². The van der Waals surface area contributed by atoms with Crippen LogP contribution >= 0.6 is 51.5 Å². The van der Waals surface area contributed by atoms with E-state index in [0.29, 0.717) is 40.7 Å². The fraction of sp³-hybridized carbons (Fsp3) is 0.322. The molecular weight excluding hydrogens is 2050 g/mol. The van der Waals surface area contributed by atoms with E-state index in [-0.39, 0.29) is 134 Å². The zero-order valence-corrected chi connectivity index (χ0v) is 93.0. The molecule has 13 aromatic carbocycles. The molecule has 0 saturated heterocycles. The number of halogens is 16. The van der Waals surface area contributed by atoms with Gasteiger partial charge in [0, 0.05) is 83.8 Å². The van der Waals surface area contributed by atoms with Crippen molar-refractivity contribution in [3.63, 3.8) is 0 Å². The van der Waals surface area contributed by atoms with Crippen LogP contribution in [0.2, 0.25) is 0 Å². The Morgan fingerprint density at radius 2 is 0.547 bits per heavy atom. The topological polar surface area (TPSA) is 102 Å². The lowest BCUT2D eigenvalue weighted by Gasteiger charge is -2.30. The van der Waals surface area contributed by atoms with Gasteiger partial charge < -0.3 is 52.1 Å². The van der Waals surface area contributed by atoms with E-state index < -0.39 is 58.7 Å². The standard InChI is InChI=1S/C31H40FOP.C20H24F3O2P.C17H18F3O2P.2C16H16F3O2P.C15H14F3O2P/c1-19-20(2)22(4)29(27(32)21(19)3)34-26-17-24(30(5,6)7)16-25(31(8,9)10)28(26)33-18-23-14-12-11-13-15-23;1-13-10-15(19(2,3)4)18(25-12-24-5)17(11-13)26-16-9-7-6-8-14(16)20(21,22)23;1-11-8-12(2)16(22-10-21-3)15(9-11)23-14-7-5-4-6-13(14)17(18,19)20;1-11-6-5-9-14(15(11)21-10-20-2)22-13-8-4-3-7-12(13)16(17,18)19;1-11-7-8-13(21-10-20-2)15(9-11)22-14-6-4-3-5-12(14)16(17,18)19;1-19-10-20-12-7-3-5-9-14(12)21-13-8-4-2-6-11(13)15(16,17)18/h11-17,34H,18H2,1-10H3;6-11,26H,12H2,1-5H3;4-9,23H,10H2,1-3H3;2*3-9,22H,10H2,1-2H3;2-9,21H,10H2,1H3. The summed E-state index contributed by atoms with van der Waals surface area (Å²) in [4.78, 5) is 0. The number of para-hydroxylation sites is 2. The fourth-order valence-electron chi connectivity index (χ4n) is 15.0. The molecule has 0 radical (unpaired) electrons. The molecule has 0 fully saturated rings. The number of methoxy groups -OCH3 is 5.